The lowest BCUT2D eigenvalue weighted by Gasteiger charge is -2.00. The molecule has 2 aromatic rings. The van der Waals surface area contributed by atoms with Gasteiger partial charge in [0.15, 0.2) is 0 Å². The molecule has 1 amide bonds. The molecule has 0 radical (unpaired) electrons. The molecule has 0 aromatic heterocycles. The topological polar surface area (TPSA) is 41.5 Å². The Morgan fingerprint density at radius 2 is 1.87 bits per heavy atom. The summed E-state index contributed by atoms with van der Waals surface area (Å²) in [5.41, 5.74) is 1.79. The minimum Gasteiger partial charge on any atom is -0.308 e. The zero-order valence-electron chi connectivity index (χ0n) is 11.8. The fraction of sp³-hybridized carbons (Fsp3) is 0.0588. The van der Waals surface area contributed by atoms with Crippen LogP contribution in [0.15, 0.2) is 53.2 Å². The predicted octanol–water partition coefficient (Wildman–Crippen LogP) is 4.24. The van der Waals surface area contributed by atoms with Gasteiger partial charge in [-0.25, -0.2) is 9.38 Å². The maximum Gasteiger partial charge on any atom is 0.275 e. The van der Waals surface area contributed by atoms with Gasteiger partial charge in [0.2, 0.25) is 0 Å². The van der Waals surface area contributed by atoms with Crippen LogP contribution in [0, 0.1) is 5.82 Å². The van der Waals surface area contributed by atoms with Crippen LogP contribution in [0.25, 0.3) is 6.08 Å². The molecule has 0 fully saturated rings. The van der Waals surface area contributed by atoms with E-state index in [-0.39, 0.29) is 17.4 Å². The number of aliphatic imine (C=N–C) groups is 1. The molecule has 6 heteroatoms. The summed E-state index contributed by atoms with van der Waals surface area (Å²) in [7, 11) is 0. The highest BCUT2D eigenvalue weighted by Crippen LogP contribution is 2.24. The third kappa shape index (κ3) is 3.78. The molecule has 116 valence electrons. The maximum absolute atomic E-state index is 12.9. The van der Waals surface area contributed by atoms with E-state index in [0.29, 0.717) is 27.9 Å². The molecule has 1 heterocycles. The maximum atomic E-state index is 12.9. The van der Waals surface area contributed by atoms with Gasteiger partial charge in [0.25, 0.3) is 5.91 Å². The van der Waals surface area contributed by atoms with Crippen LogP contribution < -0.4 is 5.32 Å². The first-order valence-electron chi connectivity index (χ1n) is 6.81. The number of benzene rings is 2. The summed E-state index contributed by atoms with van der Waals surface area (Å²) in [4.78, 5) is 16.3. The molecular weight excluding hydrogens is 338 g/mol. The van der Waals surface area contributed by atoms with Gasteiger partial charge < -0.3 is 5.32 Å². The molecule has 3 rings (SSSR count). The predicted molar refractivity (Wildman–Crippen MR) is 90.1 cm³/mol. The summed E-state index contributed by atoms with van der Waals surface area (Å²) in [5.74, 6) is -0.0878. The average molecular weight is 349 g/mol. The van der Waals surface area contributed by atoms with Crippen LogP contribution in [0.1, 0.15) is 11.1 Å². The summed E-state index contributed by atoms with van der Waals surface area (Å²) in [6.45, 7) is 0. The van der Waals surface area contributed by atoms with E-state index >= 15 is 0 Å². The first-order chi connectivity index (χ1) is 11.0. The zero-order valence-corrected chi connectivity index (χ0v) is 13.3. The number of amides is 1. The van der Waals surface area contributed by atoms with E-state index in [1.165, 1.54) is 12.1 Å². The normalized spacial score (nSPS) is 15.7. The van der Waals surface area contributed by atoms with Crippen LogP contribution in [-0.2, 0) is 11.2 Å². The number of amidine groups is 1. The van der Waals surface area contributed by atoms with Crippen LogP contribution in [-0.4, -0.2) is 11.7 Å². The van der Waals surface area contributed by atoms with Gasteiger partial charge in [0.05, 0.1) is 0 Å². The van der Waals surface area contributed by atoms with Gasteiger partial charge in [-0.1, -0.05) is 41.4 Å². The number of carbonyl (C=O) groups is 1. The molecule has 0 bridgehead atoms. The first-order valence-corrected chi connectivity index (χ1v) is 7.57. The highest BCUT2D eigenvalue weighted by Gasteiger charge is 2.20. The van der Waals surface area contributed by atoms with E-state index in [1.807, 2.05) is 0 Å². The zero-order chi connectivity index (χ0) is 16.4. The highest BCUT2D eigenvalue weighted by molar-refractivity contribution is 6.35. The Morgan fingerprint density at radius 1 is 1.13 bits per heavy atom. The number of hydrogen-bond acceptors (Lipinski definition) is 2. The number of halogens is 3. The van der Waals surface area contributed by atoms with Crippen LogP contribution >= 0.6 is 23.2 Å². The van der Waals surface area contributed by atoms with Gasteiger partial charge in [0, 0.05) is 16.5 Å². The SMILES string of the molecule is O=C1NC(Cc2ccc(F)cc2)=N/C1=C\c1ccc(Cl)cc1Cl. The van der Waals surface area contributed by atoms with Crippen molar-refractivity contribution >= 4 is 41.0 Å². The van der Waals surface area contributed by atoms with Crippen molar-refractivity contribution in [1.29, 1.82) is 0 Å². The minimum atomic E-state index is -0.302. The second kappa shape index (κ2) is 6.52. The largest absolute Gasteiger partial charge is 0.308 e. The summed E-state index contributed by atoms with van der Waals surface area (Å²) in [6.07, 6.45) is 2.02. The number of nitrogens with one attached hydrogen (secondary N) is 1. The molecule has 0 spiro atoms. The van der Waals surface area contributed by atoms with Crippen molar-refractivity contribution in [3.63, 3.8) is 0 Å². The van der Waals surface area contributed by atoms with E-state index in [4.69, 9.17) is 23.2 Å². The van der Waals surface area contributed by atoms with Gasteiger partial charge in [-0.05, 0) is 41.5 Å². The lowest BCUT2D eigenvalue weighted by Crippen LogP contribution is -2.25. The average Bonchev–Trinajstić information content (AvgIpc) is 2.84. The summed E-state index contributed by atoms with van der Waals surface area (Å²) in [5, 5.41) is 3.66. The van der Waals surface area contributed by atoms with Crippen molar-refractivity contribution in [1.82, 2.24) is 5.32 Å². The van der Waals surface area contributed by atoms with Crippen molar-refractivity contribution in [2.75, 3.05) is 0 Å². The Labute approximate surface area is 142 Å². The molecule has 1 N–H and O–H groups in total. The van der Waals surface area contributed by atoms with Crippen molar-refractivity contribution in [3.8, 4) is 0 Å². The third-order valence-corrected chi connectivity index (χ3v) is 3.85. The van der Waals surface area contributed by atoms with Crippen molar-refractivity contribution in [2.45, 2.75) is 6.42 Å². The molecule has 2 aromatic carbocycles. The quantitative estimate of drug-likeness (QED) is 0.828. The third-order valence-electron chi connectivity index (χ3n) is 3.29. The Kier molecular flexibility index (Phi) is 4.46. The number of hydrogen-bond donors (Lipinski definition) is 1. The van der Waals surface area contributed by atoms with Crippen LogP contribution in [0.2, 0.25) is 10.0 Å². The molecule has 0 saturated heterocycles. The minimum absolute atomic E-state index is 0.270. The molecule has 1 aliphatic heterocycles. The summed E-state index contributed by atoms with van der Waals surface area (Å²) in [6, 6.07) is 11.1. The fourth-order valence-corrected chi connectivity index (χ4v) is 2.63. The Bertz CT molecular complexity index is 829. The standard InChI is InChI=1S/C17H11Cl2FN2O/c18-12-4-3-11(14(19)9-12)8-15-17(23)22-16(21-15)7-10-1-5-13(20)6-2-10/h1-6,8-9H,7H2,(H,21,22,23)/b15-8-. The molecule has 0 atom stereocenters. The molecule has 3 nitrogen and oxygen atoms in total. The molecule has 0 unspecified atom stereocenters. The lowest BCUT2D eigenvalue weighted by molar-refractivity contribution is -0.115. The second-order valence-electron chi connectivity index (χ2n) is 5.01. The Hall–Kier alpha value is -2.17. The van der Waals surface area contributed by atoms with E-state index < -0.39 is 0 Å². The monoisotopic (exact) mass is 348 g/mol. The molecule has 0 saturated carbocycles. The van der Waals surface area contributed by atoms with Crippen molar-refractivity contribution < 1.29 is 9.18 Å². The van der Waals surface area contributed by atoms with E-state index in [0.717, 1.165) is 5.56 Å². The molecular formula is C17H11Cl2FN2O. The Morgan fingerprint density at radius 3 is 2.57 bits per heavy atom. The Balaban J connectivity index is 1.83. The van der Waals surface area contributed by atoms with Gasteiger partial charge in [0.1, 0.15) is 17.3 Å². The van der Waals surface area contributed by atoms with E-state index in [9.17, 15) is 9.18 Å². The van der Waals surface area contributed by atoms with Crippen LogP contribution in [0.3, 0.4) is 0 Å². The second-order valence-corrected chi connectivity index (χ2v) is 5.85. The van der Waals surface area contributed by atoms with Crippen molar-refractivity contribution in [2.24, 2.45) is 4.99 Å². The molecule has 23 heavy (non-hydrogen) atoms. The van der Waals surface area contributed by atoms with Crippen molar-refractivity contribution in [3.05, 3.63) is 75.2 Å². The van der Waals surface area contributed by atoms with Gasteiger partial charge >= 0.3 is 0 Å². The van der Waals surface area contributed by atoms with E-state index in [1.54, 1.807) is 36.4 Å². The lowest BCUT2D eigenvalue weighted by atomic mass is 10.1. The van der Waals surface area contributed by atoms with E-state index in [2.05, 4.69) is 10.3 Å². The summed E-state index contributed by atoms with van der Waals surface area (Å²) < 4.78 is 12.9. The molecule has 0 aliphatic carbocycles. The highest BCUT2D eigenvalue weighted by atomic mass is 35.5. The van der Waals surface area contributed by atoms with Gasteiger partial charge in [-0.15, -0.1) is 0 Å². The smallest absolute Gasteiger partial charge is 0.275 e. The van der Waals surface area contributed by atoms with Gasteiger partial charge in [-0.3, -0.25) is 4.79 Å². The fourth-order valence-electron chi connectivity index (χ4n) is 2.16. The van der Waals surface area contributed by atoms with Gasteiger partial charge in [-0.2, -0.15) is 0 Å². The molecule has 1 aliphatic rings. The number of carbonyl (C=O) groups excluding carboxylic acids is 1. The number of rotatable bonds is 3. The van der Waals surface area contributed by atoms with Crippen LogP contribution in [0.5, 0.6) is 0 Å². The summed E-state index contributed by atoms with van der Waals surface area (Å²) >= 11 is 11.9. The number of nitrogens with zero attached hydrogens (tertiary/aromatic N) is 1. The van der Waals surface area contributed by atoms with Crippen LogP contribution in [0.4, 0.5) is 4.39 Å². The first kappa shape index (κ1) is 15.7.